The van der Waals surface area contributed by atoms with Crippen LogP contribution in [0.5, 0.6) is 5.75 Å². The molecule has 0 saturated carbocycles. The summed E-state index contributed by atoms with van der Waals surface area (Å²) >= 11 is 0. The van der Waals surface area contributed by atoms with E-state index in [1.165, 1.54) is 25.3 Å². The summed E-state index contributed by atoms with van der Waals surface area (Å²) in [6.45, 7) is -0.142. The number of carbonyl (C=O) groups excluding carboxylic acids is 1. The summed E-state index contributed by atoms with van der Waals surface area (Å²) in [5.41, 5.74) is 6.53. The first-order valence-electron chi connectivity index (χ1n) is 5.96. The predicted molar refractivity (Wildman–Crippen MR) is 72.9 cm³/mol. The lowest BCUT2D eigenvalue weighted by Gasteiger charge is -2.09. The first-order valence-corrected chi connectivity index (χ1v) is 5.96. The van der Waals surface area contributed by atoms with Gasteiger partial charge in [-0.25, -0.2) is 9.18 Å². The smallest absolute Gasteiger partial charge is 0.340 e. The molecule has 0 radical (unpaired) electrons. The van der Waals surface area contributed by atoms with Gasteiger partial charge in [-0.15, -0.1) is 0 Å². The molecule has 5 heteroatoms. The monoisotopic (exact) mass is 275 g/mol. The molecule has 2 rings (SSSR count). The zero-order valence-electron chi connectivity index (χ0n) is 10.9. The number of rotatable bonds is 4. The Morgan fingerprint density at radius 1 is 1.25 bits per heavy atom. The van der Waals surface area contributed by atoms with Crippen molar-refractivity contribution in [2.24, 2.45) is 0 Å². The van der Waals surface area contributed by atoms with Gasteiger partial charge in [0.05, 0.1) is 12.7 Å². The van der Waals surface area contributed by atoms with Gasteiger partial charge in [-0.05, 0) is 18.2 Å². The molecule has 0 aromatic heterocycles. The Labute approximate surface area is 115 Å². The van der Waals surface area contributed by atoms with E-state index in [9.17, 15) is 9.18 Å². The molecule has 0 unspecified atom stereocenters. The fourth-order valence-electron chi connectivity index (χ4n) is 1.69. The maximum Gasteiger partial charge on any atom is 0.340 e. The Morgan fingerprint density at radius 2 is 2.00 bits per heavy atom. The van der Waals surface area contributed by atoms with E-state index >= 15 is 0 Å². The molecule has 0 saturated heterocycles. The number of nitrogen functional groups attached to an aromatic ring is 1. The molecule has 20 heavy (non-hydrogen) atoms. The van der Waals surface area contributed by atoms with Crippen LogP contribution in [0.3, 0.4) is 0 Å². The van der Waals surface area contributed by atoms with Gasteiger partial charge < -0.3 is 15.2 Å². The highest BCUT2D eigenvalue weighted by Crippen LogP contribution is 2.21. The normalized spacial score (nSPS) is 10.1. The summed E-state index contributed by atoms with van der Waals surface area (Å²) in [6, 6.07) is 10.8. The summed E-state index contributed by atoms with van der Waals surface area (Å²) in [4.78, 5) is 11.9. The number of ether oxygens (including phenoxy) is 2. The van der Waals surface area contributed by atoms with E-state index < -0.39 is 11.8 Å². The Balaban J connectivity index is 2.07. The van der Waals surface area contributed by atoms with Gasteiger partial charge in [-0.3, -0.25) is 0 Å². The molecule has 0 bridgehead atoms. The Morgan fingerprint density at radius 3 is 2.65 bits per heavy atom. The van der Waals surface area contributed by atoms with Crippen molar-refractivity contribution >= 4 is 11.7 Å². The summed E-state index contributed by atoms with van der Waals surface area (Å²) in [7, 11) is 1.50. The van der Waals surface area contributed by atoms with Gasteiger partial charge in [0, 0.05) is 17.3 Å². The maximum atomic E-state index is 13.4. The molecule has 104 valence electrons. The lowest BCUT2D eigenvalue weighted by molar-refractivity contribution is 0.0470. The van der Waals surface area contributed by atoms with E-state index in [1.54, 1.807) is 24.3 Å². The van der Waals surface area contributed by atoms with Crippen LogP contribution >= 0.6 is 0 Å². The quantitative estimate of drug-likeness (QED) is 0.688. The number of anilines is 1. The number of halogens is 1. The van der Waals surface area contributed by atoms with Crippen molar-refractivity contribution in [3.05, 3.63) is 59.4 Å². The van der Waals surface area contributed by atoms with Crippen LogP contribution in [0.25, 0.3) is 0 Å². The summed E-state index contributed by atoms with van der Waals surface area (Å²) in [5, 5.41) is 0. The SMILES string of the molecule is COc1ccc(C(=O)OCc2ccccc2F)c(N)c1. The van der Waals surface area contributed by atoms with Gasteiger partial charge in [0.2, 0.25) is 0 Å². The second-order valence-electron chi connectivity index (χ2n) is 4.12. The molecule has 0 amide bonds. The number of benzene rings is 2. The highest BCUT2D eigenvalue weighted by atomic mass is 19.1. The fourth-order valence-corrected chi connectivity index (χ4v) is 1.69. The number of methoxy groups -OCH3 is 1. The number of esters is 1. The number of carbonyl (C=O) groups is 1. The maximum absolute atomic E-state index is 13.4. The van der Waals surface area contributed by atoms with Gasteiger partial charge in [0.25, 0.3) is 0 Å². The second kappa shape index (κ2) is 6.06. The third-order valence-corrected chi connectivity index (χ3v) is 2.80. The Hall–Kier alpha value is -2.56. The van der Waals surface area contributed by atoms with Crippen molar-refractivity contribution in [2.75, 3.05) is 12.8 Å². The third kappa shape index (κ3) is 3.06. The molecule has 0 aliphatic heterocycles. The molecule has 4 nitrogen and oxygen atoms in total. The van der Waals surface area contributed by atoms with E-state index in [0.29, 0.717) is 11.3 Å². The van der Waals surface area contributed by atoms with Crippen molar-refractivity contribution < 1.29 is 18.7 Å². The Bertz CT molecular complexity index is 628. The highest BCUT2D eigenvalue weighted by molar-refractivity contribution is 5.95. The zero-order valence-corrected chi connectivity index (χ0v) is 10.9. The summed E-state index contributed by atoms with van der Waals surface area (Å²) in [6.07, 6.45) is 0. The average molecular weight is 275 g/mol. The van der Waals surface area contributed by atoms with Crippen LogP contribution in [0, 0.1) is 5.82 Å². The Kier molecular flexibility index (Phi) is 4.20. The van der Waals surface area contributed by atoms with Crippen molar-refractivity contribution in [1.29, 1.82) is 0 Å². The molecular formula is C15H14FNO3. The molecule has 2 N–H and O–H groups in total. The van der Waals surface area contributed by atoms with Crippen LogP contribution in [0.2, 0.25) is 0 Å². The molecule has 0 fully saturated rings. The van der Waals surface area contributed by atoms with E-state index in [0.717, 1.165) is 0 Å². The fraction of sp³-hybridized carbons (Fsp3) is 0.133. The van der Waals surface area contributed by atoms with Crippen molar-refractivity contribution in [3.63, 3.8) is 0 Å². The molecule has 0 aliphatic rings. The van der Waals surface area contributed by atoms with E-state index in [2.05, 4.69) is 0 Å². The van der Waals surface area contributed by atoms with E-state index in [-0.39, 0.29) is 17.9 Å². The number of nitrogens with two attached hydrogens (primary N) is 1. The van der Waals surface area contributed by atoms with Gasteiger partial charge >= 0.3 is 5.97 Å². The summed E-state index contributed by atoms with van der Waals surface area (Å²) in [5.74, 6) is -0.468. The third-order valence-electron chi connectivity index (χ3n) is 2.80. The van der Waals surface area contributed by atoms with Gasteiger partial charge in [0.1, 0.15) is 18.2 Å². The first-order chi connectivity index (χ1) is 9.61. The molecule has 0 heterocycles. The molecule has 0 aliphatic carbocycles. The summed E-state index contributed by atoms with van der Waals surface area (Å²) < 4.78 is 23.4. The molecule has 0 atom stereocenters. The lowest BCUT2D eigenvalue weighted by atomic mass is 10.1. The van der Waals surface area contributed by atoms with Crippen LogP contribution in [0.15, 0.2) is 42.5 Å². The lowest BCUT2D eigenvalue weighted by Crippen LogP contribution is -2.09. The highest BCUT2D eigenvalue weighted by Gasteiger charge is 2.13. The van der Waals surface area contributed by atoms with Crippen molar-refractivity contribution in [3.8, 4) is 5.75 Å². The van der Waals surface area contributed by atoms with Crippen molar-refractivity contribution in [1.82, 2.24) is 0 Å². The largest absolute Gasteiger partial charge is 0.497 e. The van der Waals surface area contributed by atoms with Gasteiger partial charge in [-0.2, -0.15) is 0 Å². The number of hydrogen-bond donors (Lipinski definition) is 1. The van der Waals surface area contributed by atoms with Crippen molar-refractivity contribution in [2.45, 2.75) is 6.61 Å². The minimum Gasteiger partial charge on any atom is -0.497 e. The van der Waals surface area contributed by atoms with Crippen LogP contribution in [0.4, 0.5) is 10.1 Å². The minimum absolute atomic E-state index is 0.142. The molecule has 2 aromatic carbocycles. The predicted octanol–water partition coefficient (Wildman–Crippen LogP) is 2.77. The topological polar surface area (TPSA) is 61.5 Å². The molecular weight excluding hydrogens is 261 g/mol. The number of hydrogen-bond acceptors (Lipinski definition) is 4. The van der Waals surface area contributed by atoms with Crippen LogP contribution in [0.1, 0.15) is 15.9 Å². The molecule has 0 spiro atoms. The minimum atomic E-state index is -0.603. The van der Waals surface area contributed by atoms with Gasteiger partial charge in [-0.1, -0.05) is 18.2 Å². The van der Waals surface area contributed by atoms with Crippen LogP contribution in [-0.4, -0.2) is 13.1 Å². The first kappa shape index (κ1) is 13.9. The van der Waals surface area contributed by atoms with E-state index in [1.807, 2.05) is 0 Å². The second-order valence-corrected chi connectivity index (χ2v) is 4.12. The molecule has 2 aromatic rings. The average Bonchev–Trinajstić information content (AvgIpc) is 2.46. The van der Waals surface area contributed by atoms with Gasteiger partial charge in [0.15, 0.2) is 0 Å². The van der Waals surface area contributed by atoms with Crippen LogP contribution in [-0.2, 0) is 11.3 Å². The van der Waals surface area contributed by atoms with E-state index in [4.69, 9.17) is 15.2 Å². The van der Waals surface area contributed by atoms with Crippen LogP contribution < -0.4 is 10.5 Å². The standard InChI is InChI=1S/C15H14FNO3/c1-19-11-6-7-12(14(17)8-11)15(18)20-9-10-4-2-3-5-13(10)16/h2-8H,9,17H2,1H3. The zero-order chi connectivity index (χ0) is 14.5.